The number of rotatable bonds is 29. The number of nitrogens with one attached hydrogen (secondary N) is 6. The molecule has 3 aromatic carbocycles. The molecule has 7 amide bonds. The molecule has 0 radical (unpaired) electrons. The lowest BCUT2D eigenvalue weighted by atomic mass is 9.99. The van der Waals surface area contributed by atoms with Crippen molar-refractivity contribution in [3.8, 4) is 0 Å². The lowest BCUT2D eigenvalue weighted by molar-refractivity contribution is -0.142. The van der Waals surface area contributed by atoms with Gasteiger partial charge in [0.1, 0.15) is 36.3 Å². The Hall–Kier alpha value is -6.80. The van der Waals surface area contributed by atoms with Gasteiger partial charge in [-0.3, -0.25) is 38.4 Å². The van der Waals surface area contributed by atoms with Gasteiger partial charge in [-0.15, -0.1) is 0 Å². The molecule has 19 nitrogen and oxygen atoms in total. The standard InChI is InChI=1S/C47H62N8O11S/c1-28(2)40(55-43(61)33(19-21-38(49)56)50-41(59)32(48)23-24-67-3)46(64)53-36(26-30-15-9-5-10-16-30)44(62)51-34(20-22-39(57)58)42(60)52-35(25-29-13-7-4-8-14-29)45(63)54-37(47(65)66)27-31-17-11-6-12-18-31/h4-18,28,32-37,40H,19-27,48H2,1-3H3,(H2,49,56)(H,50,59)(H,51,62)(H,52,60)(H,53,64)(H,54,63)(H,55,61)(H,57,58)(H,65,66)/t32-,33-,34-,35-,36-,37-,40-/m0/s1. The minimum Gasteiger partial charge on any atom is -0.481 e. The van der Waals surface area contributed by atoms with Gasteiger partial charge in [-0.05, 0) is 53.9 Å². The highest BCUT2D eigenvalue weighted by atomic mass is 32.2. The number of carbonyl (C=O) groups excluding carboxylic acids is 7. The third kappa shape index (κ3) is 19.7. The van der Waals surface area contributed by atoms with E-state index in [1.165, 1.54) is 11.8 Å². The second-order valence-corrected chi connectivity index (χ2v) is 17.3. The van der Waals surface area contributed by atoms with E-state index < -0.39 is 114 Å². The summed E-state index contributed by atoms with van der Waals surface area (Å²) in [6.07, 6.45) is 0.318. The van der Waals surface area contributed by atoms with E-state index in [0.717, 1.165) is 0 Å². The molecule has 0 spiro atoms. The molecule has 3 aromatic rings. The van der Waals surface area contributed by atoms with Gasteiger partial charge >= 0.3 is 11.9 Å². The molecule has 0 aliphatic rings. The average molecular weight is 947 g/mol. The van der Waals surface area contributed by atoms with Crippen molar-refractivity contribution in [1.82, 2.24) is 31.9 Å². The Bertz CT molecular complexity index is 2130. The molecule has 0 saturated heterocycles. The number of nitrogens with two attached hydrogens (primary N) is 2. The second-order valence-electron chi connectivity index (χ2n) is 16.3. The summed E-state index contributed by atoms with van der Waals surface area (Å²) in [4.78, 5) is 119. The lowest BCUT2D eigenvalue weighted by Gasteiger charge is -2.29. The first kappa shape index (κ1) is 54.5. The van der Waals surface area contributed by atoms with Crippen molar-refractivity contribution in [3.05, 3.63) is 108 Å². The molecule has 362 valence electrons. The van der Waals surface area contributed by atoms with Crippen molar-refractivity contribution in [3.63, 3.8) is 0 Å². The van der Waals surface area contributed by atoms with Crippen LogP contribution in [0.5, 0.6) is 0 Å². The summed E-state index contributed by atoms with van der Waals surface area (Å²) in [5, 5.41) is 35.1. The van der Waals surface area contributed by atoms with Gasteiger partial charge in [0.25, 0.3) is 0 Å². The highest BCUT2D eigenvalue weighted by Crippen LogP contribution is 2.12. The van der Waals surface area contributed by atoms with E-state index in [1.807, 2.05) is 6.26 Å². The van der Waals surface area contributed by atoms with Crippen LogP contribution in [0.15, 0.2) is 91.0 Å². The Labute approximate surface area is 393 Å². The molecule has 0 unspecified atom stereocenters. The quantitative estimate of drug-likeness (QED) is 0.0456. The first-order valence-electron chi connectivity index (χ1n) is 21.8. The number of hydrogen-bond acceptors (Lipinski definition) is 11. The monoisotopic (exact) mass is 946 g/mol. The molecule has 0 aromatic heterocycles. The fourth-order valence-electron chi connectivity index (χ4n) is 6.78. The largest absolute Gasteiger partial charge is 0.481 e. The molecular weight excluding hydrogens is 885 g/mol. The Balaban J connectivity index is 1.91. The van der Waals surface area contributed by atoms with E-state index in [2.05, 4.69) is 31.9 Å². The maximum atomic E-state index is 14.3. The number of amides is 7. The number of thioether (sulfide) groups is 1. The van der Waals surface area contributed by atoms with Crippen molar-refractivity contribution in [2.45, 2.75) is 108 Å². The molecule has 0 bridgehead atoms. The smallest absolute Gasteiger partial charge is 0.326 e. The van der Waals surface area contributed by atoms with Gasteiger partial charge in [0.2, 0.25) is 41.4 Å². The predicted molar refractivity (Wildman–Crippen MR) is 251 cm³/mol. The molecule has 0 aliphatic carbocycles. The number of benzene rings is 3. The van der Waals surface area contributed by atoms with E-state index >= 15 is 0 Å². The number of aliphatic carboxylic acids is 2. The van der Waals surface area contributed by atoms with Crippen molar-refractivity contribution in [2.24, 2.45) is 17.4 Å². The molecule has 0 fully saturated rings. The van der Waals surface area contributed by atoms with Crippen molar-refractivity contribution >= 4 is 65.1 Å². The Morgan fingerprint density at radius 1 is 0.507 bits per heavy atom. The van der Waals surface area contributed by atoms with E-state index in [-0.39, 0.29) is 32.1 Å². The van der Waals surface area contributed by atoms with Crippen LogP contribution in [-0.4, -0.2) is 118 Å². The van der Waals surface area contributed by atoms with E-state index in [9.17, 15) is 53.4 Å². The summed E-state index contributed by atoms with van der Waals surface area (Å²) >= 11 is 1.47. The number of carbonyl (C=O) groups is 9. The molecule has 0 aliphatic heterocycles. The average Bonchev–Trinajstić information content (AvgIpc) is 3.29. The number of carboxylic acids is 2. The summed E-state index contributed by atoms with van der Waals surface area (Å²) in [5.41, 5.74) is 13.2. The highest BCUT2D eigenvalue weighted by Gasteiger charge is 2.35. The van der Waals surface area contributed by atoms with E-state index in [1.54, 1.807) is 105 Å². The van der Waals surface area contributed by atoms with Gasteiger partial charge in [0, 0.05) is 32.1 Å². The van der Waals surface area contributed by atoms with Crippen molar-refractivity contribution in [2.75, 3.05) is 12.0 Å². The van der Waals surface area contributed by atoms with Crippen LogP contribution in [0.4, 0.5) is 0 Å². The Morgan fingerprint density at radius 3 is 1.30 bits per heavy atom. The lowest BCUT2D eigenvalue weighted by Crippen LogP contribution is -2.61. The summed E-state index contributed by atoms with van der Waals surface area (Å²) in [7, 11) is 0. The molecular formula is C47H62N8O11S. The Morgan fingerprint density at radius 2 is 0.881 bits per heavy atom. The molecule has 7 atom stereocenters. The van der Waals surface area contributed by atoms with Crippen molar-refractivity contribution in [1.29, 1.82) is 0 Å². The maximum absolute atomic E-state index is 14.3. The normalized spacial score (nSPS) is 14.1. The summed E-state index contributed by atoms with van der Waals surface area (Å²) < 4.78 is 0. The summed E-state index contributed by atoms with van der Waals surface area (Å²) in [6.45, 7) is 3.25. The van der Waals surface area contributed by atoms with Gasteiger partial charge in [-0.1, -0.05) is 105 Å². The first-order chi connectivity index (χ1) is 31.9. The van der Waals surface area contributed by atoms with Crippen LogP contribution >= 0.6 is 11.8 Å². The van der Waals surface area contributed by atoms with Gasteiger partial charge < -0.3 is 53.6 Å². The number of carboxylic acid groups (broad SMARTS) is 2. The van der Waals surface area contributed by atoms with E-state index in [0.29, 0.717) is 28.9 Å². The van der Waals surface area contributed by atoms with Crippen LogP contribution in [0.2, 0.25) is 0 Å². The zero-order valence-corrected chi connectivity index (χ0v) is 38.6. The third-order valence-electron chi connectivity index (χ3n) is 10.5. The number of hydrogen-bond donors (Lipinski definition) is 10. The van der Waals surface area contributed by atoms with Crippen LogP contribution in [-0.2, 0) is 62.4 Å². The fourth-order valence-corrected chi connectivity index (χ4v) is 7.27. The van der Waals surface area contributed by atoms with Crippen LogP contribution in [0, 0.1) is 5.92 Å². The van der Waals surface area contributed by atoms with E-state index in [4.69, 9.17) is 11.5 Å². The maximum Gasteiger partial charge on any atom is 0.326 e. The third-order valence-corrected chi connectivity index (χ3v) is 11.2. The minimum atomic E-state index is -1.58. The molecule has 3 rings (SSSR count). The zero-order chi connectivity index (χ0) is 49.5. The highest BCUT2D eigenvalue weighted by molar-refractivity contribution is 7.98. The van der Waals surface area contributed by atoms with Crippen LogP contribution in [0.3, 0.4) is 0 Å². The van der Waals surface area contributed by atoms with Gasteiger partial charge in [-0.2, -0.15) is 11.8 Å². The van der Waals surface area contributed by atoms with Crippen LogP contribution < -0.4 is 43.4 Å². The zero-order valence-electron chi connectivity index (χ0n) is 37.8. The molecule has 67 heavy (non-hydrogen) atoms. The minimum absolute atomic E-state index is 0.0687. The Kier molecular flexibility index (Phi) is 23.0. The molecule has 20 heteroatoms. The topological polar surface area (TPSA) is 318 Å². The summed E-state index contributed by atoms with van der Waals surface area (Å²) in [5.74, 6) is -8.41. The van der Waals surface area contributed by atoms with Crippen LogP contribution in [0.1, 0.15) is 62.6 Å². The van der Waals surface area contributed by atoms with Crippen molar-refractivity contribution < 1.29 is 53.4 Å². The number of primary amides is 1. The second kappa shape index (κ2) is 28.3. The first-order valence-corrected chi connectivity index (χ1v) is 23.2. The molecule has 12 N–H and O–H groups in total. The molecule has 0 heterocycles. The fraction of sp³-hybridized carbons (Fsp3) is 0.426. The van der Waals surface area contributed by atoms with Gasteiger partial charge in [0.15, 0.2) is 0 Å². The SMILES string of the molecule is CSCC[C@H](N)C(=O)N[C@@H](CCC(N)=O)C(=O)N[C@H](C(=O)N[C@@H](Cc1ccccc1)C(=O)N[C@@H](CCC(=O)O)C(=O)N[C@@H](Cc1ccccc1)C(=O)N[C@@H](Cc1ccccc1)C(=O)O)C(C)C. The summed E-state index contributed by atoms with van der Waals surface area (Å²) in [6, 6.07) is 16.3. The molecule has 0 saturated carbocycles. The van der Waals surface area contributed by atoms with Gasteiger partial charge in [-0.25, -0.2) is 4.79 Å². The van der Waals surface area contributed by atoms with Crippen LogP contribution in [0.25, 0.3) is 0 Å². The predicted octanol–water partition coefficient (Wildman–Crippen LogP) is 0.575. The van der Waals surface area contributed by atoms with Gasteiger partial charge in [0.05, 0.1) is 6.04 Å².